The molecule has 0 aromatic rings. The number of nitrogens with zero attached hydrogens (tertiary/aromatic N) is 2. The van der Waals surface area contributed by atoms with Crippen LogP contribution in [0.3, 0.4) is 0 Å². The molecule has 2 aliphatic heterocycles. The fourth-order valence-corrected chi connectivity index (χ4v) is 5.54. The smallest absolute Gasteiger partial charge is 0.193 e. The third-order valence-electron chi connectivity index (χ3n) is 5.57. The van der Waals surface area contributed by atoms with Crippen LogP contribution in [-0.2, 0) is 4.74 Å². The molecule has 0 saturated carbocycles. The molecule has 0 aromatic carbocycles. The second kappa shape index (κ2) is 9.33. The molecular formula is C19H37N3OS. The highest BCUT2D eigenvalue weighted by molar-refractivity contribution is 8.00. The van der Waals surface area contributed by atoms with Gasteiger partial charge in [-0.3, -0.25) is 4.99 Å². The van der Waals surface area contributed by atoms with Crippen molar-refractivity contribution in [3.8, 4) is 0 Å². The SMILES string of the molecule is CCCC1(C)CCCN(C(=NC)NCC2(SCC)CCOCC2)C1. The van der Waals surface area contributed by atoms with Crippen molar-refractivity contribution < 1.29 is 4.74 Å². The summed E-state index contributed by atoms with van der Waals surface area (Å²) in [6, 6.07) is 0. The molecule has 0 bridgehead atoms. The zero-order valence-electron chi connectivity index (χ0n) is 16.2. The Morgan fingerprint density at radius 3 is 2.62 bits per heavy atom. The molecule has 1 unspecified atom stereocenters. The lowest BCUT2D eigenvalue weighted by Crippen LogP contribution is -2.53. The maximum Gasteiger partial charge on any atom is 0.193 e. The number of likely N-dealkylation sites (tertiary alicyclic amines) is 1. The van der Waals surface area contributed by atoms with Crippen LogP contribution in [0.5, 0.6) is 0 Å². The molecule has 2 aliphatic rings. The zero-order valence-corrected chi connectivity index (χ0v) is 17.0. The molecule has 0 amide bonds. The molecular weight excluding hydrogens is 318 g/mol. The summed E-state index contributed by atoms with van der Waals surface area (Å²) >= 11 is 2.09. The van der Waals surface area contributed by atoms with Gasteiger partial charge in [0.05, 0.1) is 0 Å². The highest BCUT2D eigenvalue weighted by Crippen LogP contribution is 2.36. The number of hydrogen-bond acceptors (Lipinski definition) is 3. The van der Waals surface area contributed by atoms with Crippen LogP contribution < -0.4 is 5.32 Å². The van der Waals surface area contributed by atoms with Crippen molar-refractivity contribution in [2.45, 2.75) is 64.0 Å². The summed E-state index contributed by atoms with van der Waals surface area (Å²) < 4.78 is 5.90. The number of piperidine rings is 1. The van der Waals surface area contributed by atoms with Gasteiger partial charge in [-0.05, 0) is 43.3 Å². The van der Waals surface area contributed by atoms with Crippen molar-refractivity contribution in [1.29, 1.82) is 0 Å². The van der Waals surface area contributed by atoms with Crippen LogP contribution in [0, 0.1) is 5.41 Å². The van der Waals surface area contributed by atoms with E-state index < -0.39 is 0 Å². The van der Waals surface area contributed by atoms with Crippen LogP contribution in [0.25, 0.3) is 0 Å². The Balaban J connectivity index is 1.96. The molecule has 4 nitrogen and oxygen atoms in total. The van der Waals surface area contributed by atoms with Gasteiger partial charge in [-0.25, -0.2) is 0 Å². The van der Waals surface area contributed by atoms with E-state index in [1.54, 1.807) is 0 Å². The fraction of sp³-hybridized carbons (Fsp3) is 0.947. The predicted molar refractivity (Wildman–Crippen MR) is 106 cm³/mol. The minimum atomic E-state index is 0.311. The van der Waals surface area contributed by atoms with E-state index in [0.717, 1.165) is 51.6 Å². The molecule has 0 radical (unpaired) electrons. The van der Waals surface area contributed by atoms with Crippen LogP contribution in [0.4, 0.5) is 0 Å². The van der Waals surface area contributed by atoms with Gasteiger partial charge in [0.1, 0.15) is 0 Å². The highest BCUT2D eigenvalue weighted by atomic mass is 32.2. The Bertz CT molecular complexity index is 400. The Kier molecular flexibility index (Phi) is 7.73. The maximum absolute atomic E-state index is 5.59. The largest absolute Gasteiger partial charge is 0.381 e. The highest BCUT2D eigenvalue weighted by Gasteiger charge is 2.35. The van der Waals surface area contributed by atoms with E-state index in [1.165, 1.54) is 31.4 Å². The van der Waals surface area contributed by atoms with E-state index in [4.69, 9.17) is 4.74 Å². The van der Waals surface area contributed by atoms with Crippen LogP contribution in [0.15, 0.2) is 4.99 Å². The van der Waals surface area contributed by atoms with Gasteiger partial charge >= 0.3 is 0 Å². The van der Waals surface area contributed by atoms with E-state index in [-0.39, 0.29) is 0 Å². The molecule has 2 rings (SSSR count). The number of nitrogens with one attached hydrogen (secondary N) is 1. The quantitative estimate of drug-likeness (QED) is 0.581. The Morgan fingerprint density at radius 2 is 2.00 bits per heavy atom. The summed E-state index contributed by atoms with van der Waals surface area (Å²) in [5.41, 5.74) is 0.444. The van der Waals surface area contributed by atoms with Gasteiger partial charge in [-0.1, -0.05) is 27.2 Å². The molecule has 24 heavy (non-hydrogen) atoms. The zero-order chi connectivity index (χ0) is 17.5. The number of aliphatic imine (C=N–C) groups is 1. The first kappa shape index (κ1) is 19.9. The van der Waals surface area contributed by atoms with Gasteiger partial charge < -0.3 is 15.0 Å². The predicted octanol–water partition coefficient (Wildman–Crippen LogP) is 3.77. The number of hydrogen-bond donors (Lipinski definition) is 1. The van der Waals surface area contributed by atoms with Crippen LogP contribution in [-0.4, -0.2) is 61.3 Å². The first-order valence-electron chi connectivity index (χ1n) is 9.74. The molecule has 2 heterocycles. The molecule has 1 atom stereocenters. The van der Waals surface area contributed by atoms with E-state index >= 15 is 0 Å². The van der Waals surface area contributed by atoms with Crippen molar-refractivity contribution in [2.24, 2.45) is 10.4 Å². The third kappa shape index (κ3) is 5.29. The van der Waals surface area contributed by atoms with Gasteiger partial charge in [0.25, 0.3) is 0 Å². The number of ether oxygens (including phenoxy) is 1. The summed E-state index contributed by atoms with van der Waals surface area (Å²) in [4.78, 5) is 7.09. The molecule has 2 fully saturated rings. The molecule has 1 N–H and O–H groups in total. The van der Waals surface area contributed by atoms with E-state index in [0.29, 0.717) is 10.2 Å². The fourth-order valence-electron chi connectivity index (χ4n) is 4.30. The first-order valence-corrected chi connectivity index (χ1v) is 10.7. The van der Waals surface area contributed by atoms with Gasteiger partial charge in [0, 0.05) is 44.6 Å². The molecule has 0 spiro atoms. The topological polar surface area (TPSA) is 36.9 Å². The average molecular weight is 356 g/mol. The van der Waals surface area contributed by atoms with Gasteiger partial charge in [-0.15, -0.1) is 0 Å². The van der Waals surface area contributed by atoms with Crippen molar-refractivity contribution in [1.82, 2.24) is 10.2 Å². The van der Waals surface area contributed by atoms with Crippen LogP contribution >= 0.6 is 11.8 Å². The first-order chi connectivity index (χ1) is 11.6. The number of thioether (sulfide) groups is 1. The lowest BCUT2D eigenvalue weighted by molar-refractivity contribution is 0.0777. The van der Waals surface area contributed by atoms with Gasteiger partial charge in [0.2, 0.25) is 0 Å². The van der Waals surface area contributed by atoms with Gasteiger partial charge in [0.15, 0.2) is 5.96 Å². The Morgan fingerprint density at radius 1 is 1.25 bits per heavy atom. The van der Waals surface area contributed by atoms with Crippen LogP contribution in [0.1, 0.15) is 59.3 Å². The molecule has 140 valence electrons. The lowest BCUT2D eigenvalue weighted by atomic mass is 9.78. The summed E-state index contributed by atoms with van der Waals surface area (Å²) in [5, 5.41) is 3.71. The van der Waals surface area contributed by atoms with E-state index in [1.807, 2.05) is 7.05 Å². The van der Waals surface area contributed by atoms with Crippen molar-refractivity contribution in [2.75, 3.05) is 45.6 Å². The monoisotopic (exact) mass is 355 g/mol. The molecule has 0 aromatic heterocycles. The number of rotatable bonds is 6. The minimum absolute atomic E-state index is 0.311. The van der Waals surface area contributed by atoms with E-state index in [9.17, 15) is 0 Å². The second-order valence-electron chi connectivity index (χ2n) is 7.71. The van der Waals surface area contributed by atoms with Crippen molar-refractivity contribution in [3.63, 3.8) is 0 Å². The van der Waals surface area contributed by atoms with Crippen LogP contribution in [0.2, 0.25) is 0 Å². The average Bonchev–Trinajstić information content (AvgIpc) is 2.56. The summed E-state index contributed by atoms with van der Waals surface area (Å²) in [5.74, 6) is 2.26. The Labute approximate surface area is 153 Å². The number of guanidine groups is 1. The summed E-state index contributed by atoms with van der Waals surface area (Å²) in [6.07, 6.45) is 7.49. The molecule has 0 aliphatic carbocycles. The molecule has 5 heteroatoms. The second-order valence-corrected chi connectivity index (χ2v) is 9.45. The van der Waals surface area contributed by atoms with E-state index in [2.05, 4.69) is 47.7 Å². The molecule has 2 saturated heterocycles. The normalized spacial score (nSPS) is 28.0. The standard InChI is InChI=1S/C19H37N3OS/c1-5-8-18(3)9-7-12-22(16-18)17(20-4)21-15-19(24-6-2)10-13-23-14-11-19/h5-16H2,1-4H3,(H,20,21). The van der Waals surface area contributed by atoms with Crippen molar-refractivity contribution in [3.05, 3.63) is 0 Å². The summed E-state index contributed by atoms with van der Waals surface area (Å²) in [7, 11) is 1.93. The Hall–Kier alpha value is -0.420. The summed E-state index contributed by atoms with van der Waals surface area (Å²) in [6.45, 7) is 12.1. The van der Waals surface area contributed by atoms with Gasteiger partial charge in [-0.2, -0.15) is 11.8 Å². The third-order valence-corrected chi connectivity index (χ3v) is 7.02. The van der Waals surface area contributed by atoms with Crippen molar-refractivity contribution >= 4 is 17.7 Å². The maximum atomic E-state index is 5.59. The minimum Gasteiger partial charge on any atom is -0.381 e. The lowest BCUT2D eigenvalue weighted by Gasteiger charge is -2.43.